The topological polar surface area (TPSA) is 76.4 Å². The average Bonchev–Trinajstić information content (AvgIpc) is 2.29. The summed E-state index contributed by atoms with van der Waals surface area (Å²) < 4.78 is 18.9. The average molecular weight is 269 g/mol. The molecule has 5 nitrogen and oxygen atoms in total. The lowest BCUT2D eigenvalue weighted by atomic mass is 10.2. The molecule has 19 heavy (non-hydrogen) atoms. The number of nitrogens with two attached hydrogens (primary N) is 1. The third-order valence-corrected chi connectivity index (χ3v) is 2.28. The first kappa shape index (κ1) is 15.1. The fourth-order valence-electron chi connectivity index (χ4n) is 1.50. The molecule has 0 spiro atoms. The second-order valence-electron chi connectivity index (χ2n) is 4.45. The van der Waals surface area contributed by atoms with E-state index in [0.29, 0.717) is 24.5 Å². The van der Waals surface area contributed by atoms with E-state index in [2.05, 4.69) is 10.6 Å². The number of rotatable bonds is 6. The van der Waals surface area contributed by atoms with Gasteiger partial charge in [0.2, 0.25) is 5.91 Å². The standard InChI is InChI=1S/C13H20FN3O2/c1-8(2)19-13-7-12(11(15)6-10(13)14)17-5-4-16-9(3)18/h6-8,17H,4-5,15H2,1-3H3,(H,16,18). The van der Waals surface area contributed by atoms with Crippen LogP contribution >= 0.6 is 0 Å². The van der Waals surface area contributed by atoms with Gasteiger partial charge in [0, 0.05) is 32.1 Å². The first-order chi connectivity index (χ1) is 8.90. The van der Waals surface area contributed by atoms with Crippen LogP contribution in [0, 0.1) is 5.82 Å². The quantitative estimate of drug-likeness (QED) is 0.543. The molecule has 0 saturated carbocycles. The Labute approximate surface area is 112 Å². The maximum Gasteiger partial charge on any atom is 0.216 e. The van der Waals surface area contributed by atoms with Gasteiger partial charge in [0.25, 0.3) is 0 Å². The monoisotopic (exact) mass is 269 g/mol. The lowest BCUT2D eigenvalue weighted by Gasteiger charge is -2.15. The molecular weight excluding hydrogens is 249 g/mol. The van der Waals surface area contributed by atoms with Gasteiger partial charge in [-0.1, -0.05) is 0 Å². The van der Waals surface area contributed by atoms with Gasteiger partial charge in [-0.25, -0.2) is 4.39 Å². The van der Waals surface area contributed by atoms with Gasteiger partial charge >= 0.3 is 0 Å². The molecule has 106 valence electrons. The molecule has 0 heterocycles. The summed E-state index contributed by atoms with van der Waals surface area (Å²) in [5.41, 5.74) is 6.61. The first-order valence-corrected chi connectivity index (χ1v) is 6.14. The zero-order valence-corrected chi connectivity index (χ0v) is 11.4. The van der Waals surface area contributed by atoms with Crippen LogP contribution < -0.4 is 21.1 Å². The lowest BCUT2D eigenvalue weighted by molar-refractivity contribution is -0.118. The van der Waals surface area contributed by atoms with Crippen molar-refractivity contribution >= 4 is 17.3 Å². The number of benzene rings is 1. The molecule has 1 rings (SSSR count). The number of nitrogen functional groups attached to an aromatic ring is 1. The van der Waals surface area contributed by atoms with Crippen LogP contribution in [0.5, 0.6) is 5.75 Å². The number of amides is 1. The summed E-state index contributed by atoms with van der Waals surface area (Å²) in [6.07, 6.45) is -0.120. The van der Waals surface area contributed by atoms with Crippen LogP contribution in [0.25, 0.3) is 0 Å². The Bertz CT molecular complexity index is 450. The molecule has 0 unspecified atom stereocenters. The van der Waals surface area contributed by atoms with Crippen LogP contribution in [0.3, 0.4) is 0 Å². The van der Waals surface area contributed by atoms with Gasteiger partial charge in [-0.05, 0) is 13.8 Å². The Balaban J connectivity index is 2.69. The van der Waals surface area contributed by atoms with Gasteiger partial charge in [-0.3, -0.25) is 4.79 Å². The summed E-state index contributed by atoms with van der Waals surface area (Å²) in [6.45, 7) is 6.04. The molecule has 4 N–H and O–H groups in total. The smallest absolute Gasteiger partial charge is 0.216 e. The maximum absolute atomic E-state index is 13.6. The Morgan fingerprint density at radius 2 is 2.11 bits per heavy atom. The van der Waals surface area contributed by atoms with Gasteiger partial charge in [0.05, 0.1) is 17.5 Å². The van der Waals surface area contributed by atoms with Crippen LogP contribution in [-0.4, -0.2) is 25.1 Å². The molecule has 0 aromatic heterocycles. The third kappa shape index (κ3) is 5.03. The van der Waals surface area contributed by atoms with Crippen LogP contribution in [0.15, 0.2) is 12.1 Å². The Morgan fingerprint density at radius 3 is 2.68 bits per heavy atom. The number of carbonyl (C=O) groups is 1. The number of nitrogens with one attached hydrogen (secondary N) is 2. The van der Waals surface area contributed by atoms with Gasteiger partial charge < -0.3 is 21.1 Å². The van der Waals surface area contributed by atoms with Crippen molar-refractivity contribution in [2.75, 3.05) is 24.1 Å². The van der Waals surface area contributed by atoms with Crippen molar-refractivity contribution in [1.82, 2.24) is 5.32 Å². The van der Waals surface area contributed by atoms with E-state index in [0.717, 1.165) is 0 Å². The number of hydrogen-bond donors (Lipinski definition) is 3. The van der Waals surface area contributed by atoms with Crippen molar-refractivity contribution in [3.63, 3.8) is 0 Å². The Kier molecular flexibility index (Phi) is 5.41. The van der Waals surface area contributed by atoms with Crippen molar-refractivity contribution in [1.29, 1.82) is 0 Å². The third-order valence-electron chi connectivity index (χ3n) is 2.28. The molecule has 0 bridgehead atoms. The molecule has 0 aliphatic rings. The molecular formula is C13H20FN3O2. The van der Waals surface area contributed by atoms with Gasteiger partial charge in [0.15, 0.2) is 11.6 Å². The summed E-state index contributed by atoms with van der Waals surface area (Å²) in [4.78, 5) is 10.7. The Hall–Kier alpha value is -1.98. The normalized spacial score (nSPS) is 10.4. The highest BCUT2D eigenvalue weighted by atomic mass is 19.1. The van der Waals surface area contributed by atoms with E-state index in [1.165, 1.54) is 19.1 Å². The van der Waals surface area contributed by atoms with E-state index in [1.807, 2.05) is 13.8 Å². The molecule has 1 aromatic carbocycles. The molecule has 0 saturated heterocycles. The number of carbonyl (C=O) groups excluding carboxylic acids is 1. The number of ether oxygens (including phenoxy) is 1. The fraction of sp³-hybridized carbons (Fsp3) is 0.462. The Morgan fingerprint density at radius 1 is 1.42 bits per heavy atom. The number of anilines is 2. The van der Waals surface area contributed by atoms with Crippen molar-refractivity contribution in [2.45, 2.75) is 26.9 Å². The van der Waals surface area contributed by atoms with Crippen LogP contribution in [0.1, 0.15) is 20.8 Å². The van der Waals surface area contributed by atoms with Crippen molar-refractivity contribution < 1.29 is 13.9 Å². The molecule has 6 heteroatoms. The minimum Gasteiger partial charge on any atom is -0.488 e. The first-order valence-electron chi connectivity index (χ1n) is 6.14. The predicted molar refractivity (Wildman–Crippen MR) is 73.7 cm³/mol. The van der Waals surface area contributed by atoms with E-state index in [4.69, 9.17) is 10.5 Å². The lowest BCUT2D eigenvalue weighted by Crippen LogP contribution is -2.26. The number of halogens is 1. The molecule has 1 aromatic rings. The van der Waals surface area contributed by atoms with E-state index >= 15 is 0 Å². The predicted octanol–water partition coefficient (Wildman–Crippen LogP) is 1.74. The van der Waals surface area contributed by atoms with Gasteiger partial charge in [-0.15, -0.1) is 0 Å². The van der Waals surface area contributed by atoms with E-state index < -0.39 is 5.82 Å². The zero-order valence-electron chi connectivity index (χ0n) is 11.4. The summed E-state index contributed by atoms with van der Waals surface area (Å²) in [5.74, 6) is -0.428. The van der Waals surface area contributed by atoms with Crippen LogP contribution in [0.2, 0.25) is 0 Å². The van der Waals surface area contributed by atoms with Crippen LogP contribution in [0.4, 0.5) is 15.8 Å². The second kappa shape index (κ2) is 6.82. The molecule has 0 radical (unpaired) electrons. The molecule has 0 atom stereocenters. The zero-order chi connectivity index (χ0) is 14.4. The van der Waals surface area contributed by atoms with Crippen molar-refractivity contribution in [3.05, 3.63) is 17.9 Å². The van der Waals surface area contributed by atoms with E-state index in [9.17, 15) is 9.18 Å². The van der Waals surface area contributed by atoms with E-state index in [1.54, 1.807) is 0 Å². The highest BCUT2D eigenvalue weighted by Gasteiger charge is 2.10. The molecule has 0 aliphatic heterocycles. The fourth-order valence-corrected chi connectivity index (χ4v) is 1.50. The summed E-state index contributed by atoms with van der Waals surface area (Å²) >= 11 is 0. The SMILES string of the molecule is CC(=O)NCCNc1cc(OC(C)C)c(F)cc1N. The minimum absolute atomic E-state index is 0.0993. The minimum atomic E-state index is -0.487. The summed E-state index contributed by atoms with van der Waals surface area (Å²) in [5, 5.41) is 5.67. The number of hydrogen-bond acceptors (Lipinski definition) is 4. The van der Waals surface area contributed by atoms with Gasteiger partial charge in [0.1, 0.15) is 0 Å². The second-order valence-corrected chi connectivity index (χ2v) is 4.45. The molecule has 1 amide bonds. The summed E-state index contributed by atoms with van der Waals surface area (Å²) in [6, 6.07) is 2.75. The van der Waals surface area contributed by atoms with E-state index in [-0.39, 0.29) is 17.8 Å². The maximum atomic E-state index is 13.6. The molecule has 0 fully saturated rings. The van der Waals surface area contributed by atoms with Crippen molar-refractivity contribution in [3.8, 4) is 5.75 Å². The largest absolute Gasteiger partial charge is 0.488 e. The molecule has 0 aliphatic carbocycles. The van der Waals surface area contributed by atoms with Crippen LogP contribution in [-0.2, 0) is 4.79 Å². The van der Waals surface area contributed by atoms with Gasteiger partial charge in [-0.2, -0.15) is 0 Å². The highest BCUT2D eigenvalue weighted by molar-refractivity contribution is 5.73. The highest BCUT2D eigenvalue weighted by Crippen LogP contribution is 2.28. The van der Waals surface area contributed by atoms with Crippen molar-refractivity contribution in [2.24, 2.45) is 0 Å². The summed E-state index contributed by atoms with van der Waals surface area (Å²) in [7, 11) is 0.